The number of aliphatic hydroxyl groups excluding tert-OH is 1. The number of thioether (sulfide) groups is 1. The molecule has 6 nitrogen and oxygen atoms in total. The molecule has 4 rings (SSSR count). The molecule has 1 atom stereocenters. The van der Waals surface area contributed by atoms with Crippen molar-refractivity contribution >= 4 is 23.5 Å². The zero-order chi connectivity index (χ0) is 24.0. The Morgan fingerprint density at radius 1 is 1.03 bits per heavy atom. The Morgan fingerprint density at radius 3 is 2.32 bits per heavy atom. The van der Waals surface area contributed by atoms with Crippen molar-refractivity contribution in [1.29, 1.82) is 0 Å². The molecule has 1 fully saturated rings. The van der Waals surface area contributed by atoms with E-state index in [4.69, 9.17) is 4.74 Å². The molecule has 2 aliphatic heterocycles. The lowest BCUT2D eigenvalue weighted by Gasteiger charge is -2.37. The van der Waals surface area contributed by atoms with Crippen LogP contribution in [0.5, 0.6) is 0 Å². The lowest BCUT2D eigenvalue weighted by atomic mass is 9.83. The van der Waals surface area contributed by atoms with E-state index in [-0.39, 0.29) is 29.3 Å². The second-order valence-corrected chi connectivity index (χ2v) is 10.1. The van der Waals surface area contributed by atoms with Crippen molar-refractivity contribution in [3.8, 4) is 0 Å². The first kappa shape index (κ1) is 24.5. The standard InChI is InChI=1S/C27H32N2O4S/c1-28-14-16-29(17-15-28)19-23(30)12-13-27(22-10-6-3-7-11-22)18-24(31)25(26(32)33-27)34-20-21-8-4-2-5-9-21/h2-11,31H,12-20H2,1H3. The summed E-state index contributed by atoms with van der Waals surface area (Å²) in [6, 6.07) is 19.3. The zero-order valence-electron chi connectivity index (χ0n) is 19.6. The number of esters is 1. The number of ketones is 1. The van der Waals surface area contributed by atoms with Gasteiger partial charge in [-0.15, -0.1) is 11.8 Å². The number of piperazine rings is 1. The highest BCUT2D eigenvalue weighted by molar-refractivity contribution is 8.03. The fourth-order valence-electron chi connectivity index (χ4n) is 4.46. The molecule has 0 saturated carbocycles. The van der Waals surface area contributed by atoms with Gasteiger partial charge in [0.2, 0.25) is 0 Å². The van der Waals surface area contributed by atoms with Crippen molar-refractivity contribution < 1.29 is 19.4 Å². The SMILES string of the molecule is CN1CCN(CC(=O)CCC2(c3ccccc3)CC(O)=C(SCc3ccccc3)C(=O)O2)CC1. The number of hydrogen-bond donors (Lipinski definition) is 1. The molecule has 7 heteroatoms. The van der Waals surface area contributed by atoms with Gasteiger partial charge in [0.05, 0.1) is 13.0 Å². The van der Waals surface area contributed by atoms with Crippen molar-refractivity contribution in [2.75, 3.05) is 39.8 Å². The van der Waals surface area contributed by atoms with E-state index < -0.39 is 11.6 Å². The summed E-state index contributed by atoms with van der Waals surface area (Å²) in [6.07, 6.45) is 0.798. The third-order valence-corrected chi connectivity index (χ3v) is 7.69. The van der Waals surface area contributed by atoms with E-state index in [1.54, 1.807) is 0 Å². The highest BCUT2D eigenvalue weighted by Gasteiger charge is 2.43. The van der Waals surface area contributed by atoms with Crippen molar-refractivity contribution in [1.82, 2.24) is 9.80 Å². The van der Waals surface area contributed by atoms with E-state index in [1.807, 2.05) is 60.7 Å². The van der Waals surface area contributed by atoms with Crippen LogP contribution in [0.2, 0.25) is 0 Å². The predicted molar refractivity (Wildman–Crippen MR) is 134 cm³/mol. The van der Waals surface area contributed by atoms with Gasteiger partial charge < -0.3 is 14.7 Å². The Hall–Kier alpha value is -2.61. The number of Topliss-reactive ketones (excluding diaryl/α,β-unsaturated/α-hetero) is 1. The van der Waals surface area contributed by atoms with Crippen molar-refractivity contribution in [3.63, 3.8) is 0 Å². The molecular weight excluding hydrogens is 448 g/mol. The molecule has 2 heterocycles. The summed E-state index contributed by atoms with van der Waals surface area (Å²) in [5, 5.41) is 10.9. The molecule has 1 saturated heterocycles. The molecule has 1 N–H and O–H groups in total. The molecule has 2 aliphatic rings. The average Bonchev–Trinajstić information content (AvgIpc) is 2.85. The molecule has 0 bridgehead atoms. The number of hydrogen-bond acceptors (Lipinski definition) is 7. The number of aliphatic hydroxyl groups is 1. The van der Waals surface area contributed by atoms with Gasteiger partial charge in [0.1, 0.15) is 22.0 Å². The van der Waals surface area contributed by atoms with Crippen LogP contribution in [0.25, 0.3) is 0 Å². The molecule has 2 aromatic carbocycles. The second-order valence-electron chi connectivity index (χ2n) is 9.09. The minimum Gasteiger partial charge on any atom is -0.511 e. The van der Waals surface area contributed by atoms with Gasteiger partial charge in [-0.2, -0.15) is 0 Å². The summed E-state index contributed by atoms with van der Waals surface area (Å²) in [5.74, 6) is 0.202. The fourth-order valence-corrected chi connectivity index (χ4v) is 5.36. The maximum absolute atomic E-state index is 13.0. The van der Waals surface area contributed by atoms with Crippen LogP contribution in [0.4, 0.5) is 0 Å². The second kappa shape index (κ2) is 11.2. The Morgan fingerprint density at radius 2 is 1.68 bits per heavy atom. The number of cyclic esters (lactones) is 1. The molecule has 0 spiro atoms. The van der Waals surface area contributed by atoms with Crippen LogP contribution < -0.4 is 0 Å². The van der Waals surface area contributed by atoms with E-state index >= 15 is 0 Å². The predicted octanol–water partition coefficient (Wildman–Crippen LogP) is 4.13. The summed E-state index contributed by atoms with van der Waals surface area (Å²) < 4.78 is 6.04. The lowest BCUT2D eigenvalue weighted by molar-refractivity contribution is -0.161. The quantitative estimate of drug-likeness (QED) is 0.541. The first-order chi connectivity index (χ1) is 16.4. The summed E-state index contributed by atoms with van der Waals surface area (Å²) in [5.41, 5.74) is 0.821. The summed E-state index contributed by atoms with van der Waals surface area (Å²) in [6.45, 7) is 4.09. The third-order valence-electron chi connectivity index (χ3n) is 6.52. The molecule has 180 valence electrons. The Bertz CT molecular complexity index is 1020. The van der Waals surface area contributed by atoms with Crippen LogP contribution in [-0.4, -0.2) is 66.4 Å². The average molecular weight is 481 g/mol. The van der Waals surface area contributed by atoms with E-state index in [2.05, 4.69) is 16.8 Å². The summed E-state index contributed by atoms with van der Waals surface area (Å²) in [7, 11) is 2.09. The number of nitrogens with zero attached hydrogens (tertiary/aromatic N) is 2. The van der Waals surface area contributed by atoms with Gasteiger partial charge in [0.15, 0.2) is 0 Å². The molecular formula is C27H32N2O4S. The largest absolute Gasteiger partial charge is 0.511 e. The van der Waals surface area contributed by atoms with Gasteiger partial charge in [-0.25, -0.2) is 4.79 Å². The number of ether oxygens (including phenoxy) is 1. The van der Waals surface area contributed by atoms with Crippen molar-refractivity contribution in [2.24, 2.45) is 0 Å². The van der Waals surface area contributed by atoms with Crippen LogP contribution in [0.15, 0.2) is 71.3 Å². The maximum atomic E-state index is 13.0. The molecule has 0 aromatic heterocycles. The Labute approximate surface area is 205 Å². The fraction of sp³-hybridized carbons (Fsp3) is 0.407. The Kier molecular flexibility index (Phi) is 8.08. The van der Waals surface area contributed by atoms with Crippen molar-refractivity contribution in [2.45, 2.75) is 30.6 Å². The van der Waals surface area contributed by atoms with E-state index in [1.165, 1.54) is 11.8 Å². The van der Waals surface area contributed by atoms with Gasteiger partial charge in [-0.05, 0) is 24.6 Å². The zero-order valence-corrected chi connectivity index (χ0v) is 20.4. The summed E-state index contributed by atoms with van der Waals surface area (Å²) in [4.78, 5) is 30.6. The minimum absolute atomic E-state index is 0.0348. The first-order valence-electron chi connectivity index (χ1n) is 11.8. The van der Waals surface area contributed by atoms with E-state index in [9.17, 15) is 14.7 Å². The van der Waals surface area contributed by atoms with Gasteiger partial charge in [0, 0.05) is 38.4 Å². The van der Waals surface area contributed by atoms with E-state index in [0.29, 0.717) is 18.7 Å². The lowest BCUT2D eigenvalue weighted by Crippen LogP contribution is -2.46. The van der Waals surface area contributed by atoms with Crippen LogP contribution in [-0.2, 0) is 25.7 Å². The minimum atomic E-state index is -1.04. The molecule has 1 unspecified atom stereocenters. The van der Waals surface area contributed by atoms with Crippen molar-refractivity contribution in [3.05, 3.63) is 82.5 Å². The van der Waals surface area contributed by atoms with Crippen LogP contribution in [0.1, 0.15) is 30.4 Å². The number of rotatable bonds is 9. The highest BCUT2D eigenvalue weighted by atomic mass is 32.2. The van der Waals surface area contributed by atoms with Gasteiger partial charge in [-0.3, -0.25) is 9.69 Å². The number of carbonyl (C=O) groups excluding carboxylic acids is 2. The topological polar surface area (TPSA) is 70.1 Å². The third kappa shape index (κ3) is 6.09. The maximum Gasteiger partial charge on any atom is 0.348 e. The van der Waals surface area contributed by atoms with E-state index in [0.717, 1.165) is 37.3 Å². The van der Waals surface area contributed by atoms with Crippen LogP contribution in [0.3, 0.4) is 0 Å². The van der Waals surface area contributed by atoms with Gasteiger partial charge in [-0.1, -0.05) is 60.7 Å². The van der Waals surface area contributed by atoms with Gasteiger partial charge >= 0.3 is 5.97 Å². The summed E-state index contributed by atoms with van der Waals surface area (Å²) >= 11 is 1.29. The number of likely N-dealkylation sites (N-methyl/N-ethyl adjacent to an activating group) is 1. The Balaban J connectivity index is 1.46. The van der Waals surface area contributed by atoms with Gasteiger partial charge in [0.25, 0.3) is 0 Å². The molecule has 2 aromatic rings. The monoisotopic (exact) mass is 480 g/mol. The normalized spacial score (nSPS) is 22.0. The number of benzene rings is 2. The molecule has 0 aliphatic carbocycles. The number of carbonyl (C=O) groups is 2. The van der Waals surface area contributed by atoms with Crippen LogP contribution >= 0.6 is 11.8 Å². The van der Waals surface area contributed by atoms with Crippen LogP contribution in [0, 0.1) is 0 Å². The molecule has 34 heavy (non-hydrogen) atoms. The first-order valence-corrected chi connectivity index (χ1v) is 12.7. The smallest absolute Gasteiger partial charge is 0.348 e. The molecule has 0 radical (unpaired) electrons. The highest BCUT2D eigenvalue weighted by Crippen LogP contribution is 2.44. The molecule has 0 amide bonds.